The minimum absolute atomic E-state index is 0.0805. The third-order valence-corrected chi connectivity index (χ3v) is 3.53. The fourth-order valence-corrected chi connectivity index (χ4v) is 2.46. The molecule has 110 valence electrons. The number of carbonyl (C=O) groups is 1. The average molecular weight is 277 g/mol. The van der Waals surface area contributed by atoms with Crippen molar-refractivity contribution in [3.63, 3.8) is 0 Å². The van der Waals surface area contributed by atoms with Crippen LogP contribution in [0.4, 0.5) is 0 Å². The predicted octanol–water partition coefficient (Wildman–Crippen LogP) is 2.23. The molecule has 4 heteroatoms. The summed E-state index contributed by atoms with van der Waals surface area (Å²) >= 11 is 0. The Labute approximate surface area is 120 Å². The summed E-state index contributed by atoms with van der Waals surface area (Å²) in [6.45, 7) is 5.32. The normalized spacial score (nSPS) is 17.1. The van der Waals surface area contributed by atoms with E-state index in [2.05, 4.69) is 29.2 Å². The van der Waals surface area contributed by atoms with Gasteiger partial charge in [0, 0.05) is 19.6 Å². The molecule has 1 saturated heterocycles. The average Bonchev–Trinajstić information content (AvgIpc) is 2.48. The number of nitrogens with zero attached hydrogens (tertiary/aromatic N) is 1. The van der Waals surface area contributed by atoms with Crippen molar-refractivity contribution in [1.82, 2.24) is 4.90 Å². The van der Waals surface area contributed by atoms with Crippen LogP contribution in [0.1, 0.15) is 25.3 Å². The maximum atomic E-state index is 11.2. The Balaban J connectivity index is 1.66. The summed E-state index contributed by atoms with van der Waals surface area (Å²) in [6.07, 6.45) is 2.14. The zero-order chi connectivity index (χ0) is 14.2. The van der Waals surface area contributed by atoms with Gasteiger partial charge in [0.25, 0.3) is 0 Å². The maximum absolute atomic E-state index is 11.2. The lowest BCUT2D eigenvalue weighted by Crippen LogP contribution is -2.37. The summed E-state index contributed by atoms with van der Waals surface area (Å²) in [4.78, 5) is 13.7. The van der Waals surface area contributed by atoms with Gasteiger partial charge < -0.3 is 9.47 Å². The molecular formula is C16H23NO3. The fraction of sp³-hybridized carbons (Fsp3) is 0.562. The molecule has 0 N–H and O–H groups in total. The van der Waals surface area contributed by atoms with Crippen LogP contribution in [0.3, 0.4) is 0 Å². The van der Waals surface area contributed by atoms with Crippen molar-refractivity contribution < 1.29 is 14.3 Å². The van der Waals surface area contributed by atoms with Gasteiger partial charge >= 0.3 is 5.97 Å². The molecular weight excluding hydrogens is 254 g/mol. The van der Waals surface area contributed by atoms with Gasteiger partial charge in [-0.1, -0.05) is 30.3 Å². The monoisotopic (exact) mass is 277 g/mol. The molecule has 1 heterocycles. The molecule has 0 aromatic heterocycles. The van der Waals surface area contributed by atoms with Gasteiger partial charge in [-0.3, -0.25) is 4.90 Å². The lowest BCUT2D eigenvalue weighted by atomic mass is 10.1. The summed E-state index contributed by atoms with van der Waals surface area (Å²) in [6, 6.07) is 10.5. The Kier molecular flexibility index (Phi) is 6.02. The number of esters is 1. The van der Waals surface area contributed by atoms with Gasteiger partial charge in [-0.2, -0.15) is 0 Å². The number of hydrogen-bond acceptors (Lipinski definition) is 4. The highest BCUT2D eigenvalue weighted by Gasteiger charge is 2.20. The maximum Gasteiger partial charge on any atom is 0.332 e. The molecule has 0 aliphatic carbocycles. The molecule has 1 aliphatic heterocycles. The minimum Gasteiger partial charge on any atom is -0.464 e. The van der Waals surface area contributed by atoms with E-state index in [1.165, 1.54) is 5.56 Å². The number of ether oxygens (including phenoxy) is 2. The minimum atomic E-state index is -0.265. The van der Waals surface area contributed by atoms with Crippen LogP contribution in [0.5, 0.6) is 0 Å². The molecule has 4 nitrogen and oxygen atoms in total. The first-order valence-corrected chi connectivity index (χ1v) is 7.31. The molecule has 0 saturated carbocycles. The van der Waals surface area contributed by atoms with E-state index in [9.17, 15) is 4.79 Å². The van der Waals surface area contributed by atoms with Crippen molar-refractivity contribution in [2.75, 3.05) is 26.3 Å². The fourth-order valence-electron chi connectivity index (χ4n) is 2.46. The highest BCUT2D eigenvalue weighted by molar-refractivity contribution is 5.70. The molecule has 1 aromatic rings. The second-order valence-electron chi connectivity index (χ2n) is 5.08. The quantitative estimate of drug-likeness (QED) is 0.747. The van der Waals surface area contributed by atoms with E-state index < -0.39 is 0 Å². The molecule has 0 radical (unpaired) electrons. The molecule has 0 amide bonds. The second-order valence-corrected chi connectivity index (χ2v) is 5.08. The Morgan fingerprint density at radius 1 is 1.25 bits per heavy atom. The molecule has 0 bridgehead atoms. The Hall–Kier alpha value is -1.39. The predicted molar refractivity (Wildman–Crippen MR) is 77.3 cm³/mol. The van der Waals surface area contributed by atoms with Gasteiger partial charge in [0.15, 0.2) is 0 Å². The smallest absolute Gasteiger partial charge is 0.332 e. The van der Waals surface area contributed by atoms with E-state index in [4.69, 9.17) is 9.47 Å². The van der Waals surface area contributed by atoms with Crippen LogP contribution in [-0.2, 0) is 20.8 Å². The zero-order valence-corrected chi connectivity index (χ0v) is 12.1. The number of likely N-dealkylation sites (tertiary alicyclic amines) is 1. The van der Waals surface area contributed by atoms with Gasteiger partial charge in [0.2, 0.25) is 0 Å². The van der Waals surface area contributed by atoms with Crippen molar-refractivity contribution in [3.8, 4) is 0 Å². The van der Waals surface area contributed by atoms with Gasteiger partial charge in [-0.15, -0.1) is 0 Å². The molecule has 0 atom stereocenters. The third kappa shape index (κ3) is 4.94. The van der Waals surface area contributed by atoms with Crippen molar-refractivity contribution in [1.29, 1.82) is 0 Å². The molecule has 1 fully saturated rings. The Morgan fingerprint density at radius 3 is 2.60 bits per heavy atom. The van der Waals surface area contributed by atoms with E-state index in [-0.39, 0.29) is 18.7 Å². The Morgan fingerprint density at radius 2 is 1.95 bits per heavy atom. The van der Waals surface area contributed by atoms with Crippen LogP contribution < -0.4 is 0 Å². The summed E-state index contributed by atoms with van der Waals surface area (Å²) < 4.78 is 10.5. The third-order valence-electron chi connectivity index (χ3n) is 3.53. The lowest BCUT2D eigenvalue weighted by Gasteiger charge is -2.31. The van der Waals surface area contributed by atoms with E-state index in [0.717, 1.165) is 32.5 Å². The first-order valence-electron chi connectivity index (χ1n) is 7.31. The van der Waals surface area contributed by atoms with Gasteiger partial charge in [0.1, 0.15) is 6.61 Å². The van der Waals surface area contributed by atoms with Crippen LogP contribution in [-0.4, -0.2) is 43.3 Å². The molecule has 1 aliphatic rings. The van der Waals surface area contributed by atoms with E-state index in [1.54, 1.807) is 6.92 Å². The molecule has 0 unspecified atom stereocenters. The SMILES string of the molecule is CCOC(=O)COC1CCN(Cc2ccccc2)CC1. The van der Waals surface area contributed by atoms with E-state index in [1.807, 2.05) is 6.07 Å². The summed E-state index contributed by atoms with van der Waals surface area (Å²) in [5.74, 6) is -0.265. The topological polar surface area (TPSA) is 38.8 Å². The standard InChI is InChI=1S/C16H23NO3/c1-2-19-16(18)13-20-15-8-10-17(11-9-15)12-14-6-4-3-5-7-14/h3-7,15H,2,8-13H2,1H3. The van der Waals surface area contributed by atoms with Crippen molar-refractivity contribution in [2.24, 2.45) is 0 Å². The van der Waals surface area contributed by atoms with Crippen LogP contribution in [0, 0.1) is 0 Å². The van der Waals surface area contributed by atoms with Crippen LogP contribution in [0.15, 0.2) is 30.3 Å². The van der Waals surface area contributed by atoms with Crippen LogP contribution in [0.2, 0.25) is 0 Å². The van der Waals surface area contributed by atoms with Gasteiger partial charge in [0.05, 0.1) is 12.7 Å². The van der Waals surface area contributed by atoms with Crippen molar-refractivity contribution >= 4 is 5.97 Å². The summed E-state index contributed by atoms with van der Waals surface area (Å²) in [5, 5.41) is 0. The number of carbonyl (C=O) groups excluding carboxylic acids is 1. The van der Waals surface area contributed by atoms with Gasteiger partial charge in [-0.05, 0) is 25.3 Å². The first kappa shape index (κ1) is 15.0. The number of piperidine rings is 1. The Bertz CT molecular complexity index is 399. The highest BCUT2D eigenvalue weighted by atomic mass is 16.6. The van der Waals surface area contributed by atoms with E-state index >= 15 is 0 Å². The molecule has 20 heavy (non-hydrogen) atoms. The van der Waals surface area contributed by atoms with E-state index in [0.29, 0.717) is 6.61 Å². The molecule has 2 rings (SSSR count). The molecule has 1 aromatic carbocycles. The largest absolute Gasteiger partial charge is 0.464 e. The van der Waals surface area contributed by atoms with Crippen molar-refractivity contribution in [3.05, 3.63) is 35.9 Å². The van der Waals surface area contributed by atoms with Crippen molar-refractivity contribution in [2.45, 2.75) is 32.4 Å². The van der Waals surface area contributed by atoms with Crippen LogP contribution in [0.25, 0.3) is 0 Å². The summed E-state index contributed by atoms with van der Waals surface area (Å²) in [7, 11) is 0. The number of rotatable bonds is 6. The first-order chi connectivity index (χ1) is 9.78. The van der Waals surface area contributed by atoms with Crippen LogP contribution >= 0.6 is 0 Å². The molecule has 0 spiro atoms. The highest BCUT2D eigenvalue weighted by Crippen LogP contribution is 2.16. The second kappa shape index (κ2) is 8.02. The van der Waals surface area contributed by atoms with Gasteiger partial charge in [-0.25, -0.2) is 4.79 Å². The summed E-state index contributed by atoms with van der Waals surface area (Å²) in [5.41, 5.74) is 1.35. The lowest BCUT2D eigenvalue weighted by molar-refractivity contribution is -0.151. The number of hydrogen-bond donors (Lipinski definition) is 0. The zero-order valence-electron chi connectivity index (χ0n) is 12.1. The number of benzene rings is 1.